The summed E-state index contributed by atoms with van der Waals surface area (Å²) in [6.45, 7) is 3.30. The van der Waals surface area contributed by atoms with E-state index in [0.29, 0.717) is 0 Å². The Morgan fingerprint density at radius 3 is 1.78 bits per heavy atom. The van der Waals surface area contributed by atoms with E-state index in [2.05, 4.69) is 0 Å². The maximum absolute atomic E-state index is 9.37. The summed E-state index contributed by atoms with van der Waals surface area (Å²) in [5, 5.41) is 7.72. The first-order valence-electron chi connectivity index (χ1n) is 2.50. The fourth-order valence-electron chi connectivity index (χ4n) is 0. The standard InChI is InChI=1S/C3H6O2.C2H4Cl2/c1-2-3(4)5;1-2(3)4/h2H2,1H3,(H,4,5);2H,1H3. The molecule has 0 spiro atoms. The zero-order valence-electron chi connectivity index (χ0n) is 5.40. The number of hydrogen-bond donors (Lipinski definition) is 1. The molecule has 0 amide bonds. The summed E-state index contributed by atoms with van der Waals surface area (Å²) in [6, 6.07) is 0. The normalized spacial score (nSPS) is 8.11. The van der Waals surface area contributed by atoms with Crippen LogP contribution in [0.25, 0.3) is 0 Å². The molecule has 0 saturated carbocycles. The van der Waals surface area contributed by atoms with Crippen LogP contribution in [0, 0.1) is 0 Å². The smallest absolute Gasteiger partial charge is 0.303 e. The average molecular weight is 173 g/mol. The summed E-state index contributed by atoms with van der Waals surface area (Å²) in [5.41, 5.74) is 0. The summed E-state index contributed by atoms with van der Waals surface area (Å²) in [7, 11) is 0. The number of aliphatic carboxylic acids is 1. The van der Waals surface area contributed by atoms with Gasteiger partial charge >= 0.3 is 5.97 Å². The third kappa shape index (κ3) is 70.1. The van der Waals surface area contributed by atoms with Gasteiger partial charge in [-0.25, -0.2) is 0 Å². The third-order valence-corrected chi connectivity index (χ3v) is 0.302. The van der Waals surface area contributed by atoms with Crippen molar-refractivity contribution in [2.24, 2.45) is 0 Å². The molecule has 0 radical (unpaired) electrons. The van der Waals surface area contributed by atoms with E-state index in [1.165, 1.54) is 0 Å². The monoisotopic (exact) mass is 172 g/mol. The van der Waals surface area contributed by atoms with Crippen molar-refractivity contribution in [1.82, 2.24) is 0 Å². The molecule has 0 aromatic heterocycles. The van der Waals surface area contributed by atoms with Gasteiger partial charge < -0.3 is 5.11 Å². The number of alkyl halides is 2. The highest BCUT2D eigenvalue weighted by Crippen LogP contribution is 1.95. The van der Waals surface area contributed by atoms with Gasteiger partial charge in [0.05, 0.1) is 0 Å². The fraction of sp³-hybridized carbons (Fsp3) is 0.800. The van der Waals surface area contributed by atoms with Crippen molar-refractivity contribution in [2.75, 3.05) is 0 Å². The molecule has 0 unspecified atom stereocenters. The van der Waals surface area contributed by atoms with Gasteiger partial charge in [0.2, 0.25) is 0 Å². The maximum atomic E-state index is 9.37. The number of carbonyl (C=O) groups is 1. The van der Waals surface area contributed by atoms with E-state index in [9.17, 15) is 4.79 Å². The van der Waals surface area contributed by atoms with Gasteiger partial charge in [0.25, 0.3) is 0 Å². The topological polar surface area (TPSA) is 37.3 Å². The lowest BCUT2D eigenvalue weighted by molar-refractivity contribution is -0.136. The lowest BCUT2D eigenvalue weighted by Gasteiger charge is -1.72. The highest BCUT2D eigenvalue weighted by molar-refractivity contribution is 6.43. The van der Waals surface area contributed by atoms with Crippen molar-refractivity contribution in [3.63, 3.8) is 0 Å². The van der Waals surface area contributed by atoms with Crippen LogP contribution in [0.15, 0.2) is 0 Å². The van der Waals surface area contributed by atoms with Crippen LogP contribution >= 0.6 is 23.2 Å². The van der Waals surface area contributed by atoms with E-state index in [1.807, 2.05) is 0 Å². The molecule has 0 heterocycles. The zero-order valence-corrected chi connectivity index (χ0v) is 6.91. The Balaban J connectivity index is 0. The van der Waals surface area contributed by atoms with E-state index in [0.717, 1.165) is 0 Å². The van der Waals surface area contributed by atoms with Gasteiger partial charge in [0.1, 0.15) is 4.84 Å². The van der Waals surface area contributed by atoms with E-state index in [-0.39, 0.29) is 11.3 Å². The lowest BCUT2D eigenvalue weighted by atomic mass is 10.5. The summed E-state index contributed by atoms with van der Waals surface area (Å²) >= 11 is 10.1. The molecule has 2 nitrogen and oxygen atoms in total. The number of carboxylic acid groups (broad SMARTS) is 1. The van der Waals surface area contributed by atoms with Gasteiger partial charge in [-0.15, -0.1) is 23.2 Å². The van der Waals surface area contributed by atoms with E-state index >= 15 is 0 Å². The van der Waals surface area contributed by atoms with Gasteiger partial charge in [-0.05, 0) is 6.92 Å². The van der Waals surface area contributed by atoms with Gasteiger partial charge in [-0.1, -0.05) is 6.92 Å². The van der Waals surface area contributed by atoms with Crippen LogP contribution in [0.5, 0.6) is 0 Å². The molecule has 0 aliphatic heterocycles. The summed E-state index contributed by atoms with van der Waals surface area (Å²) in [4.78, 5) is 9.15. The first-order valence-corrected chi connectivity index (χ1v) is 3.38. The molecule has 4 heteroatoms. The van der Waals surface area contributed by atoms with Crippen molar-refractivity contribution in [1.29, 1.82) is 0 Å². The zero-order chi connectivity index (χ0) is 7.86. The van der Waals surface area contributed by atoms with Crippen LogP contribution in [0.1, 0.15) is 20.3 Å². The Kier molecular flexibility index (Phi) is 10.6. The van der Waals surface area contributed by atoms with Gasteiger partial charge in [0.15, 0.2) is 0 Å². The molecule has 0 aromatic carbocycles. The summed E-state index contributed by atoms with van der Waals surface area (Å²) < 4.78 is 0. The van der Waals surface area contributed by atoms with E-state index in [4.69, 9.17) is 28.3 Å². The Labute approximate surface area is 64.8 Å². The van der Waals surface area contributed by atoms with Gasteiger partial charge in [-0.3, -0.25) is 4.79 Å². The fourth-order valence-corrected chi connectivity index (χ4v) is 0. The number of halogens is 2. The van der Waals surface area contributed by atoms with Crippen LogP contribution in [0.4, 0.5) is 0 Å². The Hall–Kier alpha value is 0.0500. The molecule has 0 aromatic rings. The van der Waals surface area contributed by atoms with E-state index < -0.39 is 5.97 Å². The molecule has 56 valence electrons. The van der Waals surface area contributed by atoms with Crippen LogP contribution in [0.3, 0.4) is 0 Å². The molecule has 0 atom stereocenters. The third-order valence-electron chi connectivity index (χ3n) is 0.302. The number of carboxylic acids is 1. The van der Waals surface area contributed by atoms with Crippen molar-refractivity contribution < 1.29 is 9.90 Å². The first-order chi connectivity index (χ1) is 4.00. The first kappa shape index (κ1) is 11.8. The van der Waals surface area contributed by atoms with Crippen molar-refractivity contribution >= 4 is 29.2 Å². The second kappa shape index (κ2) is 8.05. The van der Waals surface area contributed by atoms with Crippen molar-refractivity contribution in [3.05, 3.63) is 0 Å². The van der Waals surface area contributed by atoms with Gasteiger partial charge in [0, 0.05) is 6.42 Å². The minimum atomic E-state index is -0.745. The SMILES string of the molecule is CC(Cl)Cl.CCC(=O)O. The molecule has 0 aliphatic carbocycles. The molecular weight excluding hydrogens is 163 g/mol. The molecule has 0 bridgehead atoms. The van der Waals surface area contributed by atoms with Gasteiger partial charge in [-0.2, -0.15) is 0 Å². The number of hydrogen-bond acceptors (Lipinski definition) is 1. The van der Waals surface area contributed by atoms with Crippen LogP contribution in [0.2, 0.25) is 0 Å². The Bertz CT molecular complexity index is 70.6. The van der Waals surface area contributed by atoms with E-state index in [1.54, 1.807) is 13.8 Å². The Morgan fingerprint density at radius 2 is 1.78 bits per heavy atom. The highest BCUT2D eigenvalue weighted by atomic mass is 35.5. The summed E-state index contributed by atoms with van der Waals surface area (Å²) in [5.74, 6) is -0.745. The predicted octanol–water partition coefficient (Wildman–Crippen LogP) is 2.29. The molecule has 9 heavy (non-hydrogen) atoms. The molecule has 0 fully saturated rings. The quantitative estimate of drug-likeness (QED) is 0.617. The molecule has 1 N–H and O–H groups in total. The average Bonchev–Trinajstić information content (AvgIpc) is 1.65. The largest absolute Gasteiger partial charge is 0.481 e. The maximum Gasteiger partial charge on any atom is 0.303 e. The predicted molar refractivity (Wildman–Crippen MR) is 39.1 cm³/mol. The number of rotatable bonds is 1. The van der Waals surface area contributed by atoms with Crippen molar-refractivity contribution in [3.8, 4) is 0 Å². The highest BCUT2D eigenvalue weighted by Gasteiger charge is 1.80. The second-order valence-corrected chi connectivity index (χ2v) is 2.80. The molecule has 0 aliphatic rings. The Morgan fingerprint density at radius 1 is 1.67 bits per heavy atom. The van der Waals surface area contributed by atoms with Crippen LogP contribution in [-0.4, -0.2) is 15.9 Å². The molecule has 0 saturated heterocycles. The summed E-state index contributed by atoms with van der Waals surface area (Å²) in [6.07, 6.45) is 0.222. The second-order valence-electron chi connectivity index (χ2n) is 1.27. The van der Waals surface area contributed by atoms with Crippen LogP contribution < -0.4 is 0 Å². The minimum Gasteiger partial charge on any atom is -0.481 e. The van der Waals surface area contributed by atoms with Crippen LogP contribution in [-0.2, 0) is 4.79 Å². The molecular formula is C5H10Cl2O2. The van der Waals surface area contributed by atoms with Crippen molar-refractivity contribution in [2.45, 2.75) is 25.1 Å². The minimum absolute atomic E-state index is 0.222. The lowest BCUT2D eigenvalue weighted by Crippen LogP contribution is -1.86. The molecule has 0 rings (SSSR count).